The average molecular weight is 421 g/mol. The molecule has 0 saturated heterocycles. The van der Waals surface area contributed by atoms with Crippen LogP contribution in [-0.4, -0.2) is 39.7 Å². The number of ether oxygens (including phenoxy) is 3. The molecule has 0 fully saturated rings. The van der Waals surface area contributed by atoms with Gasteiger partial charge in [0.1, 0.15) is 5.75 Å². The quantitative estimate of drug-likeness (QED) is 0.576. The van der Waals surface area contributed by atoms with Gasteiger partial charge in [-0.2, -0.15) is 0 Å². The SMILES string of the molecule is COc1cc(OC)c(OC)cc1CNC(=O)CCCNC(=O)c1ccc(Cl)cc1. The first-order valence-electron chi connectivity index (χ1n) is 9.07. The standard InChI is InChI=1S/C21H25ClN2O5/c1-27-17-12-19(29-3)18(28-2)11-15(17)13-24-20(25)5-4-10-23-21(26)14-6-8-16(22)9-7-14/h6-9,11-12H,4-5,10,13H2,1-3H3,(H,23,26)(H,24,25). The van der Waals surface area contributed by atoms with Crippen molar-refractivity contribution in [2.75, 3.05) is 27.9 Å². The molecule has 0 aromatic heterocycles. The maximum Gasteiger partial charge on any atom is 0.251 e. The number of amides is 2. The lowest BCUT2D eigenvalue weighted by molar-refractivity contribution is -0.121. The topological polar surface area (TPSA) is 85.9 Å². The Labute approximate surface area is 175 Å². The summed E-state index contributed by atoms with van der Waals surface area (Å²) >= 11 is 5.81. The van der Waals surface area contributed by atoms with Gasteiger partial charge in [0.05, 0.1) is 21.3 Å². The average Bonchev–Trinajstić information content (AvgIpc) is 2.74. The molecule has 0 aliphatic rings. The highest BCUT2D eigenvalue weighted by Crippen LogP contribution is 2.34. The van der Waals surface area contributed by atoms with Gasteiger partial charge in [-0.3, -0.25) is 9.59 Å². The van der Waals surface area contributed by atoms with Crippen LogP contribution in [0.3, 0.4) is 0 Å². The molecule has 0 bridgehead atoms. The zero-order valence-electron chi connectivity index (χ0n) is 16.7. The number of benzene rings is 2. The van der Waals surface area contributed by atoms with Crippen molar-refractivity contribution in [2.24, 2.45) is 0 Å². The minimum atomic E-state index is -0.197. The molecule has 8 heteroatoms. The van der Waals surface area contributed by atoms with Crippen LogP contribution in [0.15, 0.2) is 36.4 Å². The smallest absolute Gasteiger partial charge is 0.251 e. The van der Waals surface area contributed by atoms with Crippen LogP contribution in [0, 0.1) is 0 Å². The van der Waals surface area contributed by atoms with E-state index in [9.17, 15) is 9.59 Å². The molecule has 29 heavy (non-hydrogen) atoms. The van der Waals surface area contributed by atoms with E-state index in [4.69, 9.17) is 25.8 Å². The summed E-state index contributed by atoms with van der Waals surface area (Å²) in [7, 11) is 4.64. The predicted molar refractivity (Wildman–Crippen MR) is 111 cm³/mol. The van der Waals surface area contributed by atoms with E-state index in [1.165, 1.54) is 0 Å². The third kappa shape index (κ3) is 6.57. The molecule has 2 amide bonds. The van der Waals surface area contributed by atoms with E-state index in [-0.39, 0.29) is 18.2 Å². The number of nitrogens with one attached hydrogen (secondary N) is 2. The van der Waals surface area contributed by atoms with Crippen LogP contribution in [0.4, 0.5) is 0 Å². The molecule has 0 saturated carbocycles. The van der Waals surface area contributed by atoms with Crippen molar-refractivity contribution in [3.63, 3.8) is 0 Å². The van der Waals surface area contributed by atoms with Crippen molar-refractivity contribution in [1.29, 1.82) is 0 Å². The Balaban J connectivity index is 1.78. The number of methoxy groups -OCH3 is 3. The van der Waals surface area contributed by atoms with E-state index in [0.29, 0.717) is 47.3 Å². The molecule has 0 atom stereocenters. The summed E-state index contributed by atoms with van der Waals surface area (Å²) < 4.78 is 15.9. The maximum atomic E-state index is 12.1. The second kappa shape index (κ2) is 11.2. The van der Waals surface area contributed by atoms with Gasteiger partial charge in [-0.1, -0.05) is 11.6 Å². The van der Waals surface area contributed by atoms with Gasteiger partial charge in [0, 0.05) is 41.7 Å². The Morgan fingerprint density at radius 2 is 1.52 bits per heavy atom. The number of hydrogen-bond donors (Lipinski definition) is 2. The largest absolute Gasteiger partial charge is 0.496 e. The monoisotopic (exact) mass is 420 g/mol. The number of carbonyl (C=O) groups excluding carboxylic acids is 2. The predicted octanol–water partition coefficient (Wildman–Crippen LogP) is 3.19. The van der Waals surface area contributed by atoms with Crippen LogP contribution < -0.4 is 24.8 Å². The lowest BCUT2D eigenvalue weighted by Gasteiger charge is -2.14. The third-order valence-electron chi connectivity index (χ3n) is 4.24. The molecule has 156 valence electrons. The Morgan fingerprint density at radius 1 is 0.897 bits per heavy atom. The van der Waals surface area contributed by atoms with E-state index >= 15 is 0 Å². The summed E-state index contributed by atoms with van der Waals surface area (Å²) in [5.74, 6) is 1.39. The van der Waals surface area contributed by atoms with Gasteiger partial charge in [-0.05, 0) is 36.8 Å². The van der Waals surface area contributed by atoms with Gasteiger partial charge in [-0.15, -0.1) is 0 Å². The van der Waals surface area contributed by atoms with E-state index in [1.807, 2.05) is 0 Å². The Bertz CT molecular complexity index is 840. The Kier molecular flexibility index (Phi) is 8.61. The summed E-state index contributed by atoms with van der Waals surface area (Å²) in [5.41, 5.74) is 1.30. The number of hydrogen-bond acceptors (Lipinski definition) is 5. The van der Waals surface area contributed by atoms with Crippen molar-refractivity contribution in [1.82, 2.24) is 10.6 Å². The first kappa shape index (κ1) is 22.4. The summed E-state index contributed by atoms with van der Waals surface area (Å²) in [4.78, 5) is 24.1. The molecule has 2 aromatic rings. The van der Waals surface area contributed by atoms with Gasteiger partial charge < -0.3 is 24.8 Å². The molecule has 2 N–H and O–H groups in total. The fourth-order valence-corrected chi connectivity index (χ4v) is 2.79. The van der Waals surface area contributed by atoms with E-state index < -0.39 is 0 Å². The number of rotatable bonds is 10. The van der Waals surface area contributed by atoms with E-state index in [0.717, 1.165) is 5.56 Å². The fraction of sp³-hybridized carbons (Fsp3) is 0.333. The normalized spacial score (nSPS) is 10.2. The lowest BCUT2D eigenvalue weighted by atomic mass is 10.1. The summed E-state index contributed by atoms with van der Waals surface area (Å²) in [6.45, 7) is 0.689. The van der Waals surface area contributed by atoms with Gasteiger partial charge >= 0.3 is 0 Å². The van der Waals surface area contributed by atoms with Crippen LogP contribution >= 0.6 is 11.6 Å². The highest BCUT2D eigenvalue weighted by molar-refractivity contribution is 6.30. The Morgan fingerprint density at radius 3 is 2.14 bits per heavy atom. The molecule has 7 nitrogen and oxygen atoms in total. The first-order valence-corrected chi connectivity index (χ1v) is 9.45. The van der Waals surface area contributed by atoms with Crippen LogP contribution in [0.5, 0.6) is 17.2 Å². The van der Waals surface area contributed by atoms with Gasteiger partial charge in [-0.25, -0.2) is 0 Å². The summed E-state index contributed by atoms with van der Waals surface area (Å²) in [5, 5.41) is 6.20. The van der Waals surface area contributed by atoms with Crippen molar-refractivity contribution in [3.8, 4) is 17.2 Å². The van der Waals surface area contributed by atoms with Gasteiger partial charge in [0.25, 0.3) is 5.91 Å². The molecule has 0 aliphatic heterocycles. The minimum Gasteiger partial charge on any atom is -0.496 e. The lowest BCUT2D eigenvalue weighted by Crippen LogP contribution is -2.27. The van der Waals surface area contributed by atoms with Crippen LogP contribution in [0.2, 0.25) is 5.02 Å². The van der Waals surface area contributed by atoms with Crippen LogP contribution in [0.25, 0.3) is 0 Å². The molecule has 0 aliphatic carbocycles. The van der Waals surface area contributed by atoms with Crippen molar-refractivity contribution >= 4 is 23.4 Å². The first-order chi connectivity index (χ1) is 14.0. The highest BCUT2D eigenvalue weighted by Gasteiger charge is 2.13. The summed E-state index contributed by atoms with van der Waals surface area (Å²) in [6, 6.07) is 10.1. The number of halogens is 1. The van der Waals surface area contributed by atoms with Crippen LogP contribution in [0.1, 0.15) is 28.8 Å². The molecular weight excluding hydrogens is 396 g/mol. The minimum absolute atomic E-state index is 0.123. The molecule has 0 spiro atoms. The highest BCUT2D eigenvalue weighted by atomic mass is 35.5. The molecule has 2 rings (SSSR count). The van der Waals surface area contributed by atoms with Crippen molar-refractivity contribution < 1.29 is 23.8 Å². The van der Waals surface area contributed by atoms with Crippen LogP contribution in [-0.2, 0) is 11.3 Å². The molecular formula is C21H25ClN2O5. The van der Waals surface area contributed by atoms with Gasteiger partial charge in [0.15, 0.2) is 11.5 Å². The Hall–Kier alpha value is -2.93. The molecule has 0 radical (unpaired) electrons. The third-order valence-corrected chi connectivity index (χ3v) is 4.49. The second-order valence-electron chi connectivity index (χ2n) is 6.16. The summed E-state index contributed by atoms with van der Waals surface area (Å²) in [6.07, 6.45) is 0.810. The van der Waals surface area contributed by atoms with E-state index in [2.05, 4.69) is 10.6 Å². The van der Waals surface area contributed by atoms with Crippen molar-refractivity contribution in [3.05, 3.63) is 52.5 Å². The molecule has 0 unspecified atom stereocenters. The maximum absolute atomic E-state index is 12.1. The molecule has 0 heterocycles. The second-order valence-corrected chi connectivity index (χ2v) is 6.60. The zero-order chi connectivity index (χ0) is 21.2. The zero-order valence-corrected chi connectivity index (χ0v) is 17.5. The van der Waals surface area contributed by atoms with Gasteiger partial charge in [0.2, 0.25) is 5.91 Å². The fourth-order valence-electron chi connectivity index (χ4n) is 2.67. The number of carbonyl (C=O) groups is 2. The van der Waals surface area contributed by atoms with E-state index in [1.54, 1.807) is 57.7 Å². The molecule has 2 aromatic carbocycles. The van der Waals surface area contributed by atoms with Crippen molar-refractivity contribution in [2.45, 2.75) is 19.4 Å².